The Bertz CT molecular complexity index is 675. The number of fused-ring (bicyclic) bond motifs is 1. The van der Waals surface area contributed by atoms with Crippen molar-refractivity contribution in [1.82, 2.24) is 5.32 Å². The first-order valence-electron chi connectivity index (χ1n) is 6.93. The van der Waals surface area contributed by atoms with Crippen LogP contribution < -0.4 is 14.4 Å². The van der Waals surface area contributed by atoms with Gasteiger partial charge < -0.3 is 10.1 Å². The molecule has 0 bridgehead atoms. The average Bonchev–Trinajstić information content (AvgIpc) is 2.56. The third kappa shape index (κ3) is 3.84. The van der Waals surface area contributed by atoms with E-state index in [1.165, 1.54) is 10.4 Å². The average molecular weight is 347 g/mol. The lowest BCUT2D eigenvalue weighted by Crippen LogP contribution is -2.42. The molecule has 22 heavy (non-hydrogen) atoms. The number of hydrogen-bond donors (Lipinski definition) is 1. The summed E-state index contributed by atoms with van der Waals surface area (Å²) in [5.41, 5.74) is 0.356. The second-order valence-electron chi connectivity index (χ2n) is 5.51. The van der Waals surface area contributed by atoms with E-state index in [4.69, 9.17) is 16.3 Å². The van der Waals surface area contributed by atoms with Crippen LogP contribution in [0.25, 0.3) is 0 Å². The maximum atomic E-state index is 12.2. The first-order chi connectivity index (χ1) is 10.2. The van der Waals surface area contributed by atoms with Crippen molar-refractivity contribution in [3.05, 3.63) is 23.2 Å². The molecular formula is C14H19ClN2O4S. The summed E-state index contributed by atoms with van der Waals surface area (Å²) in [6, 6.07) is 4.69. The Balaban J connectivity index is 2.38. The minimum Gasteiger partial charge on any atom is -0.478 e. The summed E-state index contributed by atoms with van der Waals surface area (Å²) in [6.45, 7) is 3.86. The van der Waals surface area contributed by atoms with Crippen LogP contribution in [0, 0.1) is 0 Å². The third-order valence-electron chi connectivity index (χ3n) is 3.18. The van der Waals surface area contributed by atoms with Crippen molar-refractivity contribution in [2.24, 2.45) is 0 Å². The quantitative estimate of drug-likeness (QED) is 0.905. The predicted molar refractivity (Wildman–Crippen MR) is 86.0 cm³/mol. The van der Waals surface area contributed by atoms with Gasteiger partial charge in [-0.05, 0) is 32.0 Å². The molecule has 8 heteroatoms. The van der Waals surface area contributed by atoms with Gasteiger partial charge in [-0.1, -0.05) is 11.6 Å². The van der Waals surface area contributed by atoms with E-state index in [0.717, 1.165) is 6.26 Å². The van der Waals surface area contributed by atoms with Crippen molar-refractivity contribution < 1.29 is 17.9 Å². The normalized spacial score (nSPS) is 18.4. The van der Waals surface area contributed by atoms with E-state index in [2.05, 4.69) is 5.32 Å². The summed E-state index contributed by atoms with van der Waals surface area (Å²) >= 11 is 5.96. The van der Waals surface area contributed by atoms with Gasteiger partial charge >= 0.3 is 0 Å². The zero-order valence-corrected chi connectivity index (χ0v) is 14.2. The molecular weight excluding hydrogens is 328 g/mol. The summed E-state index contributed by atoms with van der Waals surface area (Å²) in [7, 11) is -3.49. The molecule has 0 spiro atoms. The first-order valence-corrected chi connectivity index (χ1v) is 9.15. The summed E-state index contributed by atoms with van der Waals surface area (Å²) in [5.74, 6) is 0.0717. The lowest BCUT2D eigenvalue weighted by atomic mass is 10.2. The monoisotopic (exact) mass is 346 g/mol. The van der Waals surface area contributed by atoms with Gasteiger partial charge in [-0.25, -0.2) is 8.42 Å². The van der Waals surface area contributed by atoms with Crippen molar-refractivity contribution in [1.29, 1.82) is 0 Å². The molecule has 0 fully saturated rings. The maximum Gasteiger partial charge on any atom is 0.261 e. The SMILES string of the molecule is CC(C)NC(=O)[C@H]1CCN(S(C)(=O)=O)c2cc(Cl)ccc2O1. The molecule has 122 valence electrons. The molecule has 0 aromatic heterocycles. The largest absolute Gasteiger partial charge is 0.478 e. The topological polar surface area (TPSA) is 75.7 Å². The van der Waals surface area contributed by atoms with Crippen LogP contribution in [0.2, 0.25) is 5.02 Å². The molecule has 0 unspecified atom stereocenters. The Hall–Kier alpha value is -1.47. The summed E-state index contributed by atoms with van der Waals surface area (Å²) in [4.78, 5) is 12.2. The second-order valence-corrected chi connectivity index (χ2v) is 7.85. The van der Waals surface area contributed by atoms with Crippen molar-refractivity contribution >= 4 is 33.2 Å². The second kappa shape index (κ2) is 6.34. The number of carbonyl (C=O) groups excluding carboxylic acids is 1. The summed E-state index contributed by atoms with van der Waals surface area (Å²) < 4.78 is 30.9. The Kier molecular flexibility index (Phi) is 4.87. The first kappa shape index (κ1) is 16.9. The Morgan fingerprint density at radius 1 is 1.45 bits per heavy atom. The number of nitrogens with one attached hydrogen (secondary N) is 1. The maximum absolute atomic E-state index is 12.2. The Labute approximate surface area is 135 Å². The van der Waals surface area contributed by atoms with Gasteiger partial charge in [-0.2, -0.15) is 0 Å². The highest BCUT2D eigenvalue weighted by atomic mass is 35.5. The summed E-state index contributed by atoms with van der Waals surface area (Å²) in [6.07, 6.45) is 0.637. The van der Waals surface area contributed by atoms with Crippen LogP contribution in [0.1, 0.15) is 20.3 Å². The molecule has 0 radical (unpaired) electrons. The van der Waals surface area contributed by atoms with Crippen LogP contribution >= 0.6 is 11.6 Å². The molecule has 1 aromatic rings. The fourth-order valence-electron chi connectivity index (χ4n) is 2.26. The molecule has 1 aliphatic heterocycles. The minimum absolute atomic E-state index is 0.0185. The van der Waals surface area contributed by atoms with Gasteiger partial charge in [0.2, 0.25) is 10.0 Å². The van der Waals surface area contributed by atoms with Crippen molar-refractivity contribution in [2.45, 2.75) is 32.4 Å². The molecule has 1 amide bonds. The van der Waals surface area contributed by atoms with E-state index >= 15 is 0 Å². The van der Waals surface area contributed by atoms with Gasteiger partial charge in [0.25, 0.3) is 5.91 Å². The van der Waals surface area contributed by atoms with E-state index in [1.54, 1.807) is 12.1 Å². The Morgan fingerprint density at radius 2 is 2.14 bits per heavy atom. The number of halogens is 1. The van der Waals surface area contributed by atoms with E-state index in [1.807, 2.05) is 13.8 Å². The van der Waals surface area contributed by atoms with Gasteiger partial charge in [-0.15, -0.1) is 0 Å². The molecule has 6 nitrogen and oxygen atoms in total. The standard InChI is InChI=1S/C14H19ClN2O4S/c1-9(2)16-14(18)13-6-7-17(22(3,19)20)11-8-10(15)4-5-12(11)21-13/h4-5,8-9,13H,6-7H2,1-3H3,(H,16,18)/t13-/m1/s1. The highest BCUT2D eigenvalue weighted by molar-refractivity contribution is 7.92. The van der Waals surface area contributed by atoms with E-state index in [0.29, 0.717) is 16.5 Å². The smallest absolute Gasteiger partial charge is 0.261 e. The lowest BCUT2D eigenvalue weighted by Gasteiger charge is -2.21. The van der Waals surface area contributed by atoms with Crippen LogP contribution in [0.3, 0.4) is 0 Å². The minimum atomic E-state index is -3.49. The van der Waals surface area contributed by atoms with Gasteiger partial charge in [0.1, 0.15) is 5.75 Å². The van der Waals surface area contributed by atoms with Crippen molar-refractivity contribution in [3.63, 3.8) is 0 Å². The predicted octanol–water partition coefficient (Wildman–Crippen LogP) is 1.78. The number of sulfonamides is 1. The van der Waals surface area contributed by atoms with Crippen LogP contribution in [0.5, 0.6) is 5.75 Å². The van der Waals surface area contributed by atoms with Gasteiger partial charge in [0.05, 0.1) is 11.9 Å². The number of ether oxygens (including phenoxy) is 1. The number of benzene rings is 1. The lowest BCUT2D eigenvalue weighted by molar-refractivity contribution is -0.128. The van der Waals surface area contributed by atoms with Gasteiger partial charge in [0, 0.05) is 24.0 Å². The van der Waals surface area contributed by atoms with Crippen LogP contribution in [0.4, 0.5) is 5.69 Å². The molecule has 0 saturated heterocycles. The Morgan fingerprint density at radius 3 is 2.73 bits per heavy atom. The van der Waals surface area contributed by atoms with Crippen LogP contribution in [-0.4, -0.2) is 39.3 Å². The van der Waals surface area contributed by atoms with Gasteiger partial charge in [-0.3, -0.25) is 9.10 Å². The molecule has 1 atom stereocenters. The fraction of sp³-hybridized carbons (Fsp3) is 0.500. The molecule has 0 saturated carbocycles. The van der Waals surface area contributed by atoms with Crippen molar-refractivity contribution in [2.75, 3.05) is 17.1 Å². The number of amides is 1. The molecule has 2 rings (SSSR count). The van der Waals surface area contributed by atoms with E-state index < -0.39 is 16.1 Å². The van der Waals surface area contributed by atoms with Crippen molar-refractivity contribution in [3.8, 4) is 5.75 Å². The molecule has 0 aliphatic carbocycles. The number of rotatable bonds is 3. The molecule has 1 aromatic carbocycles. The van der Waals surface area contributed by atoms with Crippen LogP contribution in [0.15, 0.2) is 18.2 Å². The zero-order chi connectivity index (χ0) is 16.5. The number of carbonyl (C=O) groups is 1. The van der Waals surface area contributed by atoms with Crippen LogP contribution in [-0.2, 0) is 14.8 Å². The number of hydrogen-bond acceptors (Lipinski definition) is 4. The molecule has 1 aliphatic rings. The van der Waals surface area contributed by atoms with E-state index in [9.17, 15) is 13.2 Å². The zero-order valence-electron chi connectivity index (χ0n) is 12.7. The molecule has 1 heterocycles. The van der Waals surface area contributed by atoms with E-state index in [-0.39, 0.29) is 24.9 Å². The number of anilines is 1. The fourth-order valence-corrected chi connectivity index (χ4v) is 3.36. The highest BCUT2D eigenvalue weighted by Crippen LogP contribution is 2.36. The molecule has 1 N–H and O–H groups in total. The summed E-state index contributed by atoms with van der Waals surface area (Å²) in [5, 5.41) is 3.18. The van der Waals surface area contributed by atoms with Gasteiger partial charge in [0.15, 0.2) is 6.10 Å². The highest BCUT2D eigenvalue weighted by Gasteiger charge is 2.31. The third-order valence-corrected chi connectivity index (χ3v) is 4.59. The number of nitrogens with zero attached hydrogens (tertiary/aromatic N) is 1.